The summed E-state index contributed by atoms with van der Waals surface area (Å²) in [6.07, 6.45) is 4.90. The Bertz CT molecular complexity index is 1030. The molecule has 3 rings (SSSR count). The number of carbonyl (C=O) groups excluding carboxylic acids is 1. The zero-order chi connectivity index (χ0) is 23.8. The highest BCUT2D eigenvalue weighted by atomic mass is 32.2. The van der Waals surface area contributed by atoms with E-state index in [0.717, 1.165) is 35.8 Å². The Kier molecular flexibility index (Phi) is 8.57. The van der Waals surface area contributed by atoms with Crippen molar-refractivity contribution in [1.82, 2.24) is 10.2 Å². The zero-order valence-corrected chi connectivity index (χ0v) is 20.4. The van der Waals surface area contributed by atoms with Gasteiger partial charge in [-0.25, -0.2) is 8.42 Å². The van der Waals surface area contributed by atoms with Crippen LogP contribution in [0.2, 0.25) is 0 Å². The number of hydrogen-bond donors (Lipinski definition) is 1. The number of likely N-dealkylation sites (tertiary alicyclic amines) is 1. The molecule has 1 aliphatic rings. The van der Waals surface area contributed by atoms with Gasteiger partial charge in [0.05, 0.1) is 26.2 Å². The van der Waals surface area contributed by atoms with Crippen LogP contribution >= 0.6 is 0 Å². The third-order valence-electron chi connectivity index (χ3n) is 5.71. The van der Waals surface area contributed by atoms with Crippen LogP contribution in [0.4, 0.5) is 5.69 Å². The lowest BCUT2D eigenvalue weighted by Crippen LogP contribution is -2.40. The van der Waals surface area contributed by atoms with Gasteiger partial charge in [0, 0.05) is 19.2 Å². The minimum Gasteiger partial charge on any atom is -0.497 e. The van der Waals surface area contributed by atoms with Gasteiger partial charge in [-0.3, -0.25) is 14.0 Å². The highest BCUT2D eigenvalue weighted by Crippen LogP contribution is 2.33. The Morgan fingerprint density at radius 2 is 1.67 bits per heavy atom. The molecule has 1 fully saturated rings. The summed E-state index contributed by atoms with van der Waals surface area (Å²) in [5, 5.41) is 2.81. The number of hydrogen-bond acceptors (Lipinski definition) is 6. The van der Waals surface area contributed by atoms with Crippen molar-refractivity contribution in [2.24, 2.45) is 0 Å². The molecule has 2 aromatic rings. The summed E-state index contributed by atoms with van der Waals surface area (Å²) in [4.78, 5) is 15.1. The summed E-state index contributed by atoms with van der Waals surface area (Å²) in [5.74, 6) is 0.421. The minimum absolute atomic E-state index is 0.276. The number of rotatable bonds is 10. The molecule has 1 heterocycles. The maximum Gasteiger partial charge on any atom is 0.241 e. The van der Waals surface area contributed by atoms with Gasteiger partial charge in [-0.05, 0) is 49.2 Å². The van der Waals surface area contributed by atoms with E-state index < -0.39 is 15.9 Å². The molecule has 33 heavy (non-hydrogen) atoms. The van der Waals surface area contributed by atoms with E-state index >= 15 is 0 Å². The standard InChI is InChI=1S/C24H33N3O5S/c1-31-21-11-12-22(23(15-21)32-2)27(33(3,29)30)18-24(28)25-16-19-7-9-20(10-8-19)17-26-13-5-4-6-14-26/h7-12,15H,4-6,13-14,16-18H2,1-3H3,(H,25,28). The first-order valence-electron chi connectivity index (χ1n) is 11.1. The van der Waals surface area contributed by atoms with E-state index in [0.29, 0.717) is 18.0 Å². The highest BCUT2D eigenvalue weighted by Gasteiger charge is 2.24. The molecule has 0 aromatic heterocycles. The van der Waals surface area contributed by atoms with E-state index in [-0.39, 0.29) is 12.2 Å². The molecule has 0 atom stereocenters. The van der Waals surface area contributed by atoms with Gasteiger partial charge in [0.25, 0.3) is 0 Å². The van der Waals surface area contributed by atoms with Crippen LogP contribution in [0.15, 0.2) is 42.5 Å². The Hall–Kier alpha value is -2.78. The topological polar surface area (TPSA) is 88.2 Å². The molecule has 0 aliphatic carbocycles. The smallest absolute Gasteiger partial charge is 0.241 e. The van der Waals surface area contributed by atoms with Crippen molar-refractivity contribution in [3.8, 4) is 11.5 Å². The number of ether oxygens (including phenoxy) is 2. The van der Waals surface area contributed by atoms with Crippen LogP contribution in [0.3, 0.4) is 0 Å². The van der Waals surface area contributed by atoms with E-state index in [4.69, 9.17) is 9.47 Å². The number of amides is 1. The summed E-state index contributed by atoms with van der Waals surface area (Å²) in [6, 6.07) is 12.9. The molecule has 1 aliphatic heterocycles. The second-order valence-corrected chi connectivity index (χ2v) is 10.1. The SMILES string of the molecule is COc1ccc(N(CC(=O)NCc2ccc(CN3CCCCC3)cc2)S(C)(=O)=O)c(OC)c1. The fourth-order valence-corrected chi connectivity index (χ4v) is 4.76. The lowest BCUT2D eigenvalue weighted by atomic mass is 10.1. The van der Waals surface area contributed by atoms with Crippen molar-refractivity contribution >= 4 is 21.6 Å². The monoisotopic (exact) mass is 475 g/mol. The Morgan fingerprint density at radius 1 is 1.00 bits per heavy atom. The van der Waals surface area contributed by atoms with Crippen LogP contribution in [-0.2, 0) is 27.9 Å². The molecule has 1 N–H and O–H groups in total. The highest BCUT2D eigenvalue weighted by molar-refractivity contribution is 7.92. The van der Waals surface area contributed by atoms with Crippen molar-refractivity contribution < 1.29 is 22.7 Å². The molecule has 0 spiro atoms. The first-order valence-corrected chi connectivity index (χ1v) is 12.9. The van der Waals surface area contributed by atoms with Crippen molar-refractivity contribution in [2.45, 2.75) is 32.4 Å². The normalized spacial score (nSPS) is 14.5. The van der Waals surface area contributed by atoms with Crippen LogP contribution in [-0.4, -0.2) is 59.3 Å². The molecule has 9 heteroatoms. The number of benzene rings is 2. The van der Waals surface area contributed by atoms with E-state index in [1.807, 2.05) is 12.1 Å². The largest absolute Gasteiger partial charge is 0.497 e. The number of anilines is 1. The molecule has 0 saturated carbocycles. The number of sulfonamides is 1. The van der Waals surface area contributed by atoms with Crippen molar-refractivity contribution in [2.75, 3.05) is 44.4 Å². The van der Waals surface area contributed by atoms with Gasteiger partial charge in [-0.15, -0.1) is 0 Å². The fraction of sp³-hybridized carbons (Fsp3) is 0.458. The molecular formula is C24H33N3O5S. The third kappa shape index (κ3) is 7.10. The van der Waals surface area contributed by atoms with Crippen LogP contribution in [0.1, 0.15) is 30.4 Å². The van der Waals surface area contributed by atoms with Gasteiger partial charge in [0.2, 0.25) is 15.9 Å². The number of piperidine rings is 1. The summed E-state index contributed by atoms with van der Waals surface area (Å²) in [6.45, 7) is 3.20. The fourth-order valence-electron chi connectivity index (χ4n) is 3.90. The van der Waals surface area contributed by atoms with Crippen molar-refractivity contribution in [3.63, 3.8) is 0 Å². The van der Waals surface area contributed by atoms with E-state index in [2.05, 4.69) is 22.3 Å². The predicted molar refractivity (Wildman–Crippen MR) is 129 cm³/mol. The summed E-state index contributed by atoms with van der Waals surface area (Å²) >= 11 is 0. The van der Waals surface area contributed by atoms with Gasteiger partial charge in [-0.2, -0.15) is 0 Å². The van der Waals surface area contributed by atoms with Gasteiger partial charge in [0.15, 0.2) is 0 Å². The molecule has 180 valence electrons. The number of methoxy groups -OCH3 is 2. The molecule has 8 nitrogen and oxygen atoms in total. The zero-order valence-electron chi connectivity index (χ0n) is 19.5. The van der Waals surface area contributed by atoms with E-state index in [9.17, 15) is 13.2 Å². The Morgan fingerprint density at radius 3 is 2.27 bits per heavy atom. The van der Waals surface area contributed by atoms with Crippen molar-refractivity contribution in [3.05, 3.63) is 53.6 Å². The lowest BCUT2D eigenvalue weighted by molar-refractivity contribution is -0.119. The molecule has 0 unspecified atom stereocenters. The maximum atomic E-state index is 12.6. The van der Waals surface area contributed by atoms with Gasteiger partial charge < -0.3 is 14.8 Å². The van der Waals surface area contributed by atoms with Crippen LogP contribution in [0, 0.1) is 0 Å². The first kappa shape index (κ1) is 24.9. The maximum absolute atomic E-state index is 12.6. The first-order chi connectivity index (χ1) is 15.8. The van der Waals surface area contributed by atoms with E-state index in [1.165, 1.54) is 39.0 Å². The van der Waals surface area contributed by atoms with Crippen LogP contribution in [0.25, 0.3) is 0 Å². The van der Waals surface area contributed by atoms with Crippen LogP contribution in [0.5, 0.6) is 11.5 Å². The van der Waals surface area contributed by atoms with Gasteiger partial charge >= 0.3 is 0 Å². The average molecular weight is 476 g/mol. The number of nitrogens with one attached hydrogen (secondary N) is 1. The molecule has 0 radical (unpaired) electrons. The molecular weight excluding hydrogens is 442 g/mol. The molecule has 1 saturated heterocycles. The van der Waals surface area contributed by atoms with Gasteiger partial charge in [-0.1, -0.05) is 30.7 Å². The molecule has 0 bridgehead atoms. The minimum atomic E-state index is -3.72. The van der Waals surface area contributed by atoms with Crippen LogP contribution < -0.4 is 19.1 Å². The second kappa shape index (κ2) is 11.4. The Labute approximate surface area is 196 Å². The molecule has 1 amide bonds. The predicted octanol–water partition coefficient (Wildman–Crippen LogP) is 2.77. The average Bonchev–Trinajstić information content (AvgIpc) is 2.81. The second-order valence-electron chi connectivity index (χ2n) is 8.24. The summed E-state index contributed by atoms with van der Waals surface area (Å²) in [7, 11) is -0.772. The summed E-state index contributed by atoms with van der Waals surface area (Å²) in [5.41, 5.74) is 2.48. The lowest BCUT2D eigenvalue weighted by Gasteiger charge is -2.26. The van der Waals surface area contributed by atoms with E-state index in [1.54, 1.807) is 18.2 Å². The van der Waals surface area contributed by atoms with Crippen molar-refractivity contribution in [1.29, 1.82) is 0 Å². The number of carbonyl (C=O) groups is 1. The quantitative estimate of drug-likeness (QED) is 0.569. The Balaban J connectivity index is 1.61. The number of nitrogens with zero attached hydrogens (tertiary/aromatic N) is 2. The third-order valence-corrected chi connectivity index (χ3v) is 6.84. The molecule has 2 aromatic carbocycles. The summed E-state index contributed by atoms with van der Waals surface area (Å²) < 4.78 is 36.4. The van der Waals surface area contributed by atoms with Gasteiger partial charge in [0.1, 0.15) is 18.0 Å².